The molecule has 1 spiro atoms. The van der Waals surface area contributed by atoms with Crippen LogP contribution in [0.3, 0.4) is 0 Å². The van der Waals surface area contributed by atoms with Crippen molar-refractivity contribution in [1.82, 2.24) is 29.8 Å². The van der Waals surface area contributed by atoms with Crippen LogP contribution >= 0.6 is 0 Å². The average molecular weight is 444 g/mol. The number of pyridine rings is 1. The molecule has 4 heterocycles. The summed E-state index contributed by atoms with van der Waals surface area (Å²) in [4.78, 5) is 22.8. The molecule has 1 atom stereocenters. The maximum Gasteiger partial charge on any atom is 0.409 e. The van der Waals surface area contributed by atoms with Crippen molar-refractivity contribution in [3.63, 3.8) is 0 Å². The number of carbonyl (C=O) groups excluding carboxylic acids is 1. The maximum absolute atomic E-state index is 14.0. The fourth-order valence-corrected chi connectivity index (χ4v) is 5.49. The van der Waals surface area contributed by atoms with E-state index >= 15 is 0 Å². The van der Waals surface area contributed by atoms with E-state index in [-0.39, 0.29) is 17.3 Å². The van der Waals surface area contributed by atoms with Crippen molar-refractivity contribution in [2.45, 2.75) is 39.2 Å². The fraction of sp³-hybridized carbons (Fsp3) is 0.636. The molecule has 3 fully saturated rings. The minimum absolute atomic E-state index is 0.183. The van der Waals surface area contributed by atoms with Gasteiger partial charge >= 0.3 is 6.09 Å². The molecule has 32 heavy (non-hydrogen) atoms. The first-order valence-electron chi connectivity index (χ1n) is 11.4. The predicted octanol–water partition coefficient (Wildman–Crippen LogP) is 2.24. The SMILES string of the molecule is CCOC(=O)N1CC2(CC[C@@H](N3CCN(c4cc(F)cnc4-n4cc(C)nn4)CC3)C2)C1. The summed E-state index contributed by atoms with van der Waals surface area (Å²) < 4.78 is 20.8. The minimum Gasteiger partial charge on any atom is -0.450 e. The second-order valence-corrected chi connectivity index (χ2v) is 9.28. The van der Waals surface area contributed by atoms with E-state index in [0.29, 0.717) is 18.5 Å². The second-order valence-electron chi connectivity index (χ2n) is 9.28. The summed E-state index contributed by atoms with van der Waals surface area (Å²) in [6.07, 6.45) is 6.31. The van der Waals surface area contributed by atoms with Crippen molar-refractivity contribution in [3.8, 4) is 5.82 Å². The number of piperazine rings is 1. The zero-order chi connectivity index (χ0) is 22.3. The number of amides is 1. The number of rotatable bonds is 4. The summed E-state index contributed by atoms with van der Waals surface area (Å²) in [6.45, 7) is 9.24. The van der Waals surface area contributed by atoms with Crippen LogP contribution in [0.5, 0.6) is 0 Å². The number of anilines is 1. The predicted molar refractivity (Wildman–Crippen MR) is 116 cm³/mol. The Kier molecular flexibility index (Phi) is 5.48. The molecule has 5 rings (SSSR count). The van der Waals surface area contributed by atoms with E-state index in [0.717, 1.165) is 63.5 Å². The van der Waals surface area contributed by atoms with Gasteiger partial charge in [-0.2, -0.15) is 0 Å². The number of nitrogens with zero attached hydrogens (tertiary/aromatic N) is 7. The first-order valence-corrected chi connectivity index (χ1v) is 11.4. The zero-order valence-corrected chi connectivity index (χ0v) is 18.7. The van der Waals surface area contributed by atoms with E-state index in [1.54, 1.807) is 10.9 Å². The van der Waals surface area contributed by atoms with E-state index in [4.69, 9.17) is 4.74 Å². The highest BCUT2D eigenvalue weighted by Gasteiger charge is 2.51. The lowest BCUT2D eigenvalue weighted by atomic mass is 9.78. The molecule has 1 aliphatic carbocycles. The molecule has 0 aromatic carbocycles. The highest BCUT2D eigenvalue weighted by atomic mass is 19.1. The Balaban J connectivity index is 1.20. The van der Waals surface area contributed by atoms with Gasteiger partial charge in [-0.3, -0.25) is 4.90 Å². The van der Waals surface area contributed by atoms with Crippen molar-refractivity contribution in [1.29, 1.82) is 0 Å². The van der Waals surface area contributed by atoms with Gasteiger partial charge < -0.3 is 14.5 Å². The Bertz CT molecular complexity index is 982. The molecule has 0 N–H and O–H groups in total. The molecule has 0 bridgehead atoms. The molecule has 9 nitrogen and oxygen atoms in total. The lowest BCUT2D eigenvalue weighted by molar-refractivity contribution is -0.00294. The monoisotopic (exact) mass is 443 g/mol. The first-order chi connectivity index (χ1) is 15.5. The lowest BCUT2D eigenvalue weighted by Crippen LogP contribution is -2.58. The standard InChI is InChI=1S/C22H30FN7O2/c1-3-32-21(31)29-14-22(15-29)5-4-18(11-22)27-6-8-28(9-7-27)19-10-17(23)12-24-20(19)30-13-16(2)25-26-30/h10,12-13,18H,3-9,11,14-15H2,1-2H3/t18-/m1/s1. The van der Waals surface area contributed by atoms with Crippen LogP contribution in [0, 0.1) is 18.2 Å². The molecule has 10 heteroatoms. The van der Waals surface area contributed by atoms with Gasteiger partial charge in [-0.25, -0.2) is 18.9 Å². The van der Waals surface area contributed by atoms with Crippen LogP contribution in [-0.4, -0.2) is 87.8 Å². The number of halogens is 1. The molecule has 0 radical (unpaired) electrons. The number of carbonyl (C=O) groups is 1. The normalized spacial score (nSPS) is 22.9. The molecule has 1 saturated carbocycles. The van der Waals surface area contributed by atoms with Gasteiger partial charge in [0.1, 0.15) is 5.82 Å². The molecule has 2 aromatic heterocycles. The van der Waals surface area contributed by atoms with Crippen molar-refractivity contribution in [2.24, 2.45) is 5.41 Å². The fourth-order valence-electron chi connectivity index (χ4n) is 5.49. The third kappa shape index (κ3) is 3.92. The summed E-state index contributed by atoms with van der Waals surface area (Å²) >= 11 is 0. The largest absolute Gasteiger partial charge is 0.450 e. The Morgan fingerprint density at radius 1 is 1.28 bits per heavy atom. The van der Waals surface area contributed by atoms with E-state index in [1.165, 1.54) is 18.7 Å². The second kappa shape index (κ2) is 8.31. The Morgan fingerprint density at radius 3 is 2.75 bits per heavy atom. The topological polar surface area (TPSA) is 79.6 Å². The summed E-state index contributed by atoms with van der Waals surface area (Å²) in [6, 6.07) is 2.09. The van der Waals surface area contributed by atoms with Gasteiger partial charge in [0.25, 0.3) is 0 Å². The van der Waals surface area contributed by atoms with E-state index in [2.05, 4.69) is 25.1 Å². The van der Waals surface area contributed by atoms with Crippen LogP contribution in [0.1, 0.15) is 31.9 Å². The van der Waals surface area contributed by atoms with E-state index < -0.39 is 0 Å². The van der Waals surface area contributed by atoms with Gasteiger partial charge in [0, 0.05) is 56.8 Å². The number of hydrogen-bond acceptors (Lipinski definition) is 7. The zero-order valence-electron chi connectivity index (χ0n) is 18.7. The average Bonchev–Trinajstić information content (AvgIpc) is 3.40. The summed E-state index contributed by atoms with van der Waals surface area (Å²) in [7, 11) is 0. The molecular formula is C22H30FN7O2. The van der Waals surface area contributed by atoms with Gasteiger partial charge in [-0.05, 0) is 33.1 Å². The summed E-state index contributed by atoms with van der Waals surface area (Å²) in [5, 5.41) is 8.16. The van der Waals surface area contributed by atoms with E-state index in [9.17, 15) is 9.18 Å². The van der Waals surface area contributed by atoms with Crippen LogP contribution in [0.4, 0.5) is 14.9 Å². The molecular weight excluding hydrogens is 413 g/mol. The van der Waals surface area contributed by atoms with Gasteiger partial charge in [0.15, 0.2) is 5.82 Å². The maximum atomic E-state index is 14.0. The molecule has 0 unspecified atom stereocenters. The van der Waals surface area contributed by atoms with Crippen LogP contribution < -0.4 is 4.90 Å². The van der Waals surface area contributed by atoms with Crippen LogP contribution in [-0.2, 0) is 4.74 Å². The van der Waals surface area contributed by atoms with Gasteiger partial charge in [0.05, 0.1) is 30.4 Å². The number of likely N-dealkylation sites (tertiary alicyclic amines) is 1. The molecule has 2 aliphatic heterocycles. The Hall–Kier alpha value is -2.75. The summed E-state index contributed by atoms with van der Waals surface area (Å²) in [5.74, 6) is 0.255. The number of aromatic nitrogens is 4. The van der Waals surface area contributed by atoms with Crippen molar-refractivity contribution in [2.75, 3.05) is 50.8 Å². The van der Waals surface area contributed by atoms with Gasteiger partial charge in [0.2, 0.25) is 0 Å². The van der Waals surface area contributed by atoms with E-state index in [1.807, 2.05) is 18.7 Å². The molecule has 2 saturated heterocycles. The van der Waals surface area contributed by atoms with Crippen molar-refractivity contribution in [3.05, 3.63) is 30.0 Å². The van der Waals surface area contributed by atoms with Crippen molar-refractivity contribution >= 4 is 11.8 Å². The van der Waals surface area contributed by atoms with Crippen LogP contribution in [0.25, 0.3) is 5.82 Å². The van der Waals surface area contributed by atoms with Gasteiger partial charge in [-0.15, -0.1) is 5.10 Å². The lowest BCUT2D eigenvalue weighted by Gasteiger charge is -2.48. The third-order valence-electron chi connectivity index (χ3n) is 7.07. The number of hydrogen-bond donors (Lipinski definition) is 0. The smallest absolute Gasteiger partial charge is 0.409 e. The van der Waals surface area contributed by atoms with Crippen LogP contribution in [0.15, 0.2) is 18.5 Å². The highest BCUT2D eigenvalue weighted by molar-refractivity contribution is 5.69. The Morgan fingerprint density at radius 2 is 2.06 bits per heavy atom. The molecule has 2 aromatic rings. The Labute approximate surface area is 187 Å². The molecule has 3 aliphatic rings. The number of ether oxygens (including phenoxy) is 1. The quantitative estimate of drug-likeness (QED) is 0.717. The highest BCUT2D eigenvalue weighted by Crippen LogP contribution is 2.47. The number of aryl methyl sites for hydroxylation is 1. The molecule has 1 amide bonds. The van der Waals surface area contributed by atoms with Gasteiger partial charge in [-0.1, -0.05) is 5.21 Å². The minimum atomic E-state index is -0.350. The summed E-state index contributed by atoms with van der Waals surface area (Å²) in [5.41, 5.74) is 1.81. The van der Waals surface area contributed by atoms with Crippen molar-refractivity contribution < 1.29 is 13.9 Å². The van der Waals surface area contributed by atoms with Crippen LogP contribution in [0.2, 0.25) is 0 Å². The molecule has 172 valence electrons. The third-order valence-corrected chi connectivity index (χ3v) is 7.07. The first kappa shape index (κ1) is 21.1.